The summed E-state index contributed by atoms with van der Waals surface area (Å²) in [6.07, 6.45) is 0. The highest BCUT2D eigenvalue weighted by atomic mass is 15.2. The normalized spacial score (nSPS) is 11.7. The second-order valence-corrected chi connectivity index (χ2v) is 14.7. The summed E-state index contributed by atoms with van der Waals surface area (Å²) in [4.78, 5) is 21.5. The Kier molecular flexibility index (Phi) is 7.40. The standard InChI is InChI=1S/C52H33N7/c1-6-20-34(21-7-1)49-54-50(35-22-8-2-9-23-35)56-52(55-49)59-42-33-19-17-31-40(42)44-46-45(53-51(36-24-10-3-11-25-36)58(46)38-28-14-5-15-29-38)43-39-30-16-18-32-41(39)57(47(43)48(44)59)37-26-12-4-13-27-37/h1-33H. The number of imidazole rings is 1. The van der Waals surface area contributed by atoms with Crippen molar-refractivity contribution in [2.75, 3.05) is 0 Å². The van der Waals surface area contributed by atoms with Crippen molar-refractivity contribution in [3.05, 3.63) is 200 Å². The Hall–Kier alpha value is -8.16. The second kappa shape index (κ2) is 13.2. The topological polar surface area (TPSA) is 66.3 Å². The van der Waals surface area contributed by atoms with Crippen LogP contribution >= 0.6 is 0 Å². The number of nitrogens with zero attached hydrogens (tertiary/aromatic N) is 7. The molecule has 7 nitrogen and oxygen atoms in total. The molecule has 7 heteroatoms. The number of aromatic nitrogens is 7. The predicted molar refractivity (Wildman–Crippen MR) is 239 cm³/mol. The summed E-state index contributed by atoms with van der Waals surface area (Å²) >= 11 is 0. The van der Waals surface area contributed by atoms with Crippen molar-refractivity contribution in [2.24, 2.45) is 0 Å². The molecule has 0 radical (unpaired) electrons. The molecule has 0 unspecified atom stereocenters. The summed E-state index contributed by atoms with van der Waals surface area (Å²) in [5.41, 5.74) is 10.9. The third-order valence-corrected chi connectivity index (χ3v) is 11.3. The van der Waals surface area contributed by atoms with Crippen molar-refractivity contribution in [1.29, 1.82) is 0 Å². The van der Waals surface area contributed by atoms with Crippen LogP contribution in [0.4, 0.5) is 0 Å². The van der Waals surface area contributed by atoms with Crippen molar-refractivity contribution < 1.29 is 0 Å². The predicted octanol–water partition coefficient (Wildman–Crippen LogP) is 12.4. The van der Waals surface area contributed by atoms with Gasteiger partial charge >= 0.3 is 0 Å². The van der Waals surface area contributed by atoms with Crippen LogP contribution in [0.3, 0.4) is 0 Å². The molecule has 0 saturated heterocycles. The highest BCUT2D eigenvalue weighted by molar-refractivity contribution is 6.35. The Morgan fingerprint density at radius 2 is 0.729 bits per heavy atom. The van der Waals surface area contributed by atoms with Gasteiger partial charge in [-0.2, -0.15) is 9.97 Å². The zero-order chi connectivity index (χ0) is 38.9. The molecular formula is C52H33N7. The van der Waals surface area contributed by atoms with Crippen LogP contribution in [-0.2, 0) is 0 Å². The van der Waals surface area contributed by atoms with E-state index in [1.807, 2.05) is 36.4 Å². The van der Waals surface area contributed by atoms with Crippen LogP contribution in [0.25, 0.3) is 106 Å². The van der Waals surface area contributed by atoms with Crippen LogP contribution in [0.1, 0.15) is 0 Å². The lowest BCUT2D eigenvalue weighted by molar-refractivity contribution is 0.953. The lowest BCUT2D eigenvalue weighted by Crippen LogP contribution is -2.07. The number of fused-ring (bicyclic) bond motifs is 10. The van der Waals surface area contributed by atoms with Crippen LogP contribution in [0, 0.1) is 0 Å². The van der Waals surface area contributed by atoms with E-state index in [0.717, 1.165) is 88.5 Å². The summed E-state index contributed by atoms with van der Waals surface area (Å²) < 4.78 is 6.99. The summed E-state index contributed by atoms with van der Waals surface area (Å²) in [7, 11) is 0. The molecule has 0 atom stereocenters. The van der Waals surface area contributed by atoms with Gasteiger partial charge < -0.3 is 4.57 Å². The van der Waals surface area contributed by atoms with E-state index in [1.165, 1.54) is 0 Å². The molecule has 8 aromatic carbocycles. The second-order valence-electron chi connectivity index (χ2n) is 14.7. The van der Waals surface area contributed by atoms with Gasteiger partial charge in [0.25, 0.3) is 0 Å². The van der Waals surface area contributed by atoms with Crippen LogP contribution in [0.5, 0.6) is 0 Å². The zero-order valence-corrected chi connectivity index (χ0v) is 31.7. The van der Waals surface area contributed by atoms with Crippen LogP contribution in [0.15, 0.2) is 200 Å². The maximum Gasteiger partial charge on any atom is 0.238 e. The number of hydrogen-bond donors (Lipinski definition) is 0. The van der Waals surface area contributed by atoms with E-state index < -0.39 is 0 Å². The molecule has 0 amide bonds. The van der Waals surface area contributed by atoms with E-state index in [1.54, 1.807) is 0 Å². The summed E-state index contributed by atoms with van der Waals surface area (Å²) in [5.74, 6) is 2.60. The molecule has 0 fully saturated rings. The molecule has 0 N–H and O–H groups in total. The fraction of sp³-hybridized carbons (Fsp3) is 0. The van der Waals surface area contributed by atoms with Crippen molar-refractivity contribution in [3.8, 4) is 51.5 Å². The number of hydrogen-bond acceptors (Lipinski definition) is 4. The van der Waals surface area contributed by atoms with E-state index in [4.69, 9.17) is 19.9 Å². The van der Waals surface area contributed by atoms with E-state index in [9.17, 15) is 0 Å². The molecule has 0 aliphatic rings. The third kappa shape index (κ3) is 5.08. The molecule has 0 aliphatic heterocycles. The first kappa shape index (κ1) is 33.0. The quantitative estimate of drug-likeness (QED) is 0.169. The Morgan fingerprint density at radius 1 is 0.305 bits per heavy atom. The van der Waals surface area contributed by atoms with Gasteiger partial charge in [0.2, 0.25) is 5.95 Å². The Morgan fingerprint density at radius 3 is 1.29 bits per heavy atom. The molecule has 0 bridgehead atoms. The van der Waals surface area contributed by atoms with Gasteiger partial charge in [-0.25, -0.2) is 9.97 Å². The molecular weight excluding hydrogens is 723 g/mol. The average Bonchev–Trinajstić information content (AvgIpc) is 3.99. The lowest BCUT2D eigenvalue weighted by atomic mass is 10.1. The van der Waals surface area contributed by atoms with E-state index in [2.05, 4.69) is 177 Å². The largest absolute Gasteiger partial charge is 0.307 e. The number of para-hydroxylation sites is 4. The minimum absolute atomic E-state index is 0.531. The Balaban J connectivity index is 1.36. The van der Waals surface area contributed by atoms with Crippen LogP contribution in [0.2, 0.25) is 0 Å². The van der Waals surface area contributed by atoms with E-state index >= 15 is 0 Å². The van der Waals surface area contributed by atoms with Crippen molar-refractivity contribution in [3.63, 3.8) is 0 Å². The maximum absolute atomic E-state index is 5.69. The first-order valence-electron chi connectivity index (χ1n) is 19.8. The van der Waals surface area contributed by atoms with Gasteiger partial charge in [-0.15, -0.1) is 0 Å². The van der Waals surface area contributed by atoms with Gasteiger partial charge in [0.1, 0.15) is 11.3 Å². The Bertz CT molecular complexity index is 3460. The molecule has 4 heterocycles. The minimum Gasteiger partial charge on any atom is -0.307 e. The molecule has 12 aromatic rings. The van der Waals surface area contributed by atoms with Gasteiger partial charge in [0, 0.05) is 49.6 Å². The van der Waals surface area contributed by atoms with Crippen molar-refractivity contribution >= 4 is 54.6 Å². The third-order valence-electron chi connectivity index (χ3n) is 11.3. The van der Waals surface area contributed by atoms with Gasteiger partial charge in [-0.1, -0.05) is 164 Å². The summed E-state index contributed by atoms with van der Waals surface area (Å²) in [6.45, 7) is 0. The van der Waals surface area contributed by atoms with Gasteiger partial charge in [0.05, 0.1) is 27.6 Å². The fourth-order valence-corrected chi connectivity index (χ4v) is 8.79. The van der Waals surface area contributed by atoms with Crippen LogP contribution in [-0.4, -0.2) is 33.6 Å². The van der Waals surface area contributed by atoms with Crippen molar-refractivity contribution in [2.45, 2.75) is 0 Å². The molecule has 0 saturated carbocycles. The van der Waals surface area contributed by atoms with E-state index in [0.29, 0.717) is 17.6 Å². The number of benzene rings is 8. The minimum atomic E-state index is 0.531. The molecule has 0 spiro atoms. The molecule has 59 heavy (non-hydrogen) atoms. The highest BCUT2D eigenvalue weighted by Gasteiger charge is 2.30. The average molecular weight is 756 g/mol. The molecule has 276 valence electrons. The SMILES string of the molecule is c1ccc(-c2nc(-c3ccccc3)nc(-n3c4ccccc4c4c5c(nc(-c6ccccc6)n5-c5ccccc5)c5c6ccccc6n(-c6ccccc6)c5c43)n2)cc1. The maximum atomic E-state index is 5.69. The molecule has 4 aromatic heterocycles. The Labute approximate surface area is 338 Å². The number of rotatable bonds is 6. The van der Waals surface area contributed by atoms with Crippen LogP contribution < -0.4 is 0 Å². The summed E-state index contributed by atoms with van der Waals surface area (Å²) in [6, 6.07) is 69.3. The van der Waals surface area contributed by atoms with Gasteiger partial charge in [-0.3, -0.25) is 9.13 Å². The van der Waals surface area contributed by atoms with Gasteiger partial charge in [-0.05, 0) is 36.4 Å². The lowest BCUT2D eigenvalue weighted by Gasteiger charge is -2.14. The van der Waals surface area contributed by atoms with Gasteiger partial charge in [0.15, 0.2) is 11.6 Å². The smallest absolute Gasteiger partial charge is 0.238 e. The molecule has 0 aliphatic carbocycles. The summed E-state index contributed by atoms with van der Waals surface area (Å²) in [5, 5.41) is 4.30. The molecule has 12 rings (SSSR count). The van der Waals surface area contributed by atoms with Crippen molar-refractivity contribution in [1.82, 2.24) is 33.6 Å². The first-order valence-corrected chi connectivity index (χ1v) is 19.8. The first-order chi connectivity index (χ1) is 29.3. The fourth-order valence-electron chi connectivity index (χ4n) is 8.79. The van der Waals surface area contributed by atoms with E-state index in [-0.39, 0.29) is 0 Å². The zero-order valence-electron chi connectivity index (χ0n) is 31.7. The monoisotopic (exact) mass is 755 g/mol. The highest BCUT2D eigenvalue weighted by Crippen LogP contribution is 2.48.